The lowest BCUT2D eigenvalue weighted by atomic mass is 9.58. The number of fused-ring (bicyclic) bond motifs is 1. The zero-order chi connectivity index (χ0) is 22.7. The second-order valence-electron chi connectivity index (χ2n) is 7.67. The van der Waals surface area contributed by atoms with Gasteiger partial charge in [0, 0.05) is 22.4 Å². The quantitative estimate of drug-likeness (QED) is 0.751. The Bertz CT molecular complexity index is 1210. The second-order valence-corrected chi connectivity index (χ2v) is 8.10. The molecule has 0 unspecified atom stereocenters. The first kappa shape index (κ1) is 21.5. The van der Waals surface area contributed by atoms with E-state index < -0.39 is 11.3 Å². The summed E-state index contributed by atoms with van der Waals surface area (Å²) in [6.07, 6.45) is 1.81. The summed E-state index contributed by atoms with van der Waals surface area (Å²) in [5.74, 6) is -0.506. The summed E-state index contributed by atoms with van der Waals surface area (Å²) >= 11 is 5.96. The number of ether oxygens (including phenoxy) is 2. The van der Waals surface area contributed by atoms with Crippen LogP contribution in [-0.2, 0) is 11.3 Å². The fraction of sp³-hybridized carbons (Fsp3) is 0.240. The van der Waals surface area contributed by atoms with Crippen molar-refractivity contribution in [1.82, 2.24) is 0 Å². The molecule has 0 amide bonds. The summed E-state index contributed by atoms with van der Waals surface area (Å²) in [5.41, 5.74) is 7.09. The van der Waals surface area contributed by atoms with E-state index in [2.05, 4.69) is 18.2 Å². The fourth-order valence-electron chi connectivity index (χ4n) is 4.44. The topological polar surface area (TPSA) is 116 Å². The highest BCUT2D eigenvalue weighted by molar-refractivity contribution is 6.30. The Hall–Kier alpha value is -3.76. The van der Waals surface area contributed by atoms with E-state index in [4.69, 9.17) is 26.8 Å². The highest BCUT2D eigenvalue weighted by Gasteiger charge is 2.54. The maximum atomic E-state index is 10.2. The summed E-state index contributed by atoms with van der Waals surface area (Å²) in [6.45, 7) is 0.898. The smallest absolute Gasteiger partial charge is 0.191 e. The van der Waals surface area contributed by atoms with Crippen LogP contribution >= 0.6 is 11.6 Å². The van der Waals surface area contributed by atoms with Crippen LogP contribution in [0.15, 0.2) is 71.5 Å². The van der Waals surface area contributed by atoms with Crippen molar-refractivity contribution in [3.05, 3.63) is 87.6 Å². The number of nitrogens with zero attached hydrogens (tertiary/aromatic N) is 3. The summed E-state index contributed by atoms with van der Waals surface area (Å²) in [6, 6.07) is 21.0. The van der Waals surface area contributed by atoms with Crippen molar-refractivity contribution in [2.75, 3.05) is 13.2 Å². The first-order valence-corrected chi connectivity index (χ1v) is 10.4. The molecule has 0 spiro atoms. The Morgan fingerprint density at radius 2 is 1.81 bits per heavy atom. The molecule has 6 nitrogen and oxygen atoms in total. The molecule has 2 N–H and O–H groups in total. The van der Waals surface area contributed by atoms with E-state index in [1.54, 1.807) is 18.2 Å². The molecule has 2 aliphatic rings. The molecule has 0 bridgehead atoms. The van der Waals surface area contributed by atoms with Crippen molar-refractivity contribution in [3.63, 3.8) is 0 Å². The zero-order valence-electron chi connectivity index (χ0n) is 17.1. The van der Waals surface area contributed by atoms with Gasteiger partial charge >= 0.3 is 0 Å². The number of para-hydroxylation sites is 1. The monoisotopic (exact) mass is 442 g/mol. The molecule has 1 heterocycles. The highest BCUT2D eigenvalue weighted by atomic mass is 35.5. The van der Waals surface area contributed by atoms with Crippen molar-refractivity contribution < 1.29 is 9.47 Å². The Balaban J connectivity index is 1.82. The van der Waals surface area contributed by atoms with Crippen LogP contribution in [0.5, 0.6) is 5.75 Å². The van der Waals surface area contributed by atoms with Crippen molar-refractivity contribution in [1.29, 1.82) is 15.8 Å². The van der Waals surface area contributed by atoms with Gasteiger partial charge in [-0.25, -0.2) is 0 Å². The Kier molecular flexibility index (Phi) is 5.89. The zero-order valence-corrected chi connectivity index (χ0v) is 17.8. The first-order chi connectivity index (χ1) is 15.6. The molecular weight excluding hydrogens is 424 g/mol. The predicted molar refractivity (Wildman–Crippen MR) is 118 cm³/mol. The number of allylic oxidation sites excluding steroid dienone is 2. The van der Waals surface area contributed by atoms with Crippen LogP contribution < -0.4 is 10.5 Å². The van der Waals surface area contributed by atoms with Gasteiger partial charge in [-0.2, -0.15) is 15.8 Å². The van der Waals surface area contributed by atoms with E-state index in [0.717, 1.165) is 11.1 Å². The number of nitrogens with two attached hydrogens (primary N) is 1. The minimum atomic E-state index is -1.73. The van der Waals surface area contributed by atoms with Gasteiger partial charge in [0.1, 0.15) is 18.4 Å². The number of benzene rings is 2. The van der Waals surface area contributed by atoms with Gasteiger partial charge in [-0.05, 0) is 29.3 Å². The van der Waals surface area contributed by atoms with E-state index >= 15 is 0 Å². The largest absolute Gasteiger partial charge is 0.489 e. The summed E-state index contributed by atoms with van der Waals surface area (Å²) in [7, 11) is 0. The molecule has 0 saturated carbocycles. The Morgan fingerprint density at radius 1 is 1.09 bits per heavy atom. The highest BCUT2D eigenvalue weighted by Crippen LogP contribution is 2.55. The average Bonchev–Trinajstić information content (AvgIpc) is 2.83. The van der Waals surface area contributed by atoms with Crippen molar-refractivity contribution >= 4 is 11.6 Å². The molecule has 0 saturated heterocycles. The summed E-state index contributed by atoms with van der Waals surface area (Å²) in [4.78, 5) is 0. The third kappa shape index (κ3) is 3.49. The molecular formula is C25H19ClN4O2. The van der Waals surface area contributed by atoms with Gasteiger partial charge in [0.05, 0.1) is 36.6 Å². The van der Waals surface area contributed by atoms with Gasteiger partial charge in [0.15, 0.2) is 5.41 Å². The molecule has 0 radical (unpaired) electrons. The van der Waals surface area contributed by atoms with Gasteiger partial charge in [0.2, 0.25) is 0 Å². The lowest BCUT2D eigenvalue weighted by Crippen LogP contribution is -2.44. The fourth-order valence-corrected chi connectivity index (χ4v) is 4.57. The van der Waals surface area contributed by atoms with Gasteiger partial charge in [0.25, 0.3) is 0 Å². The first-order valence-electron chi connectivity index (χ1n) is 10.0. The molecule has 0 aromatic heterocycles. The molecule has 32 heavy (non-hydrogen) atoms. The van der Waals surface area contributed by atoms with Crippen LogP contribution in [-0.4, -0.2) is 13.2 Å². The number of nitriles is 3. The van der Waals surface area contributed by atoms with Gasteiger partial charge in [-0.3, -0.25) is 0 Å². The minimum absolute atomic E-state index is 0.0214. The van der Waals surface area contributed by atoms with Crippen LogP contribution in [0.3, 0.4) is 0 Å². The summed E-state index contributed by atoms with van der Waals surface area (Å²) < 4.78 is 11.8. The molecule has 0 fully saturated rings. The van der Waals surface area contributed by atoms with E-state index in [0.29, 0.717) is 22.9 Å². The third-order valence-corrected chi connectivity index (χ3v) is 6.25. The molecule has 1 aliphatic carbocycles. The molecule has 158 valence electrons. The second kappa shape index (κ2) is 8.77. The number of rotatable bonds is 4. The number of halogens is 1. The summed E-state index contributed by atoms with van der Waals surface area (Å²) in [5, 5.41) is 30.7. The lowest BCUT2D eigenvalue weighted by Gasteiger charge is -2.43. The minimum Gasteiger partial charge on any atom is -0.489 e. The van der Waals surface area contributed by atoms with E-state index in [1.165, 1.54) is 0 Å². The Labute approximate surface area is 191 Å². The van der Waals surface area contributed by atoms with E-state index in [1.807, 2.05) is 36.4 Å². The van der Waals surface area contributed by atoms with E-state index in [-0.39, 0.29) is 30.4 Å². The van der Waals surface area contributed by atoms with Crippen LogP contribution in [0.1, 0.15) is 17.0 Å². The standard InChI is InChI=1S/C25H19ClN4O2/c26-17-7-5-16(6-8-17)12-32-22-4-2-1-3-19(22)23-21-13-31-10-9-18(21)20(11-27)24(30)25(23,14-28)15-29/h1-9,21,23H,10,12-13,30H2/t21-,23+/m0/s1. The molecule has 7 heteroatoms. The van der Waals surface area contributed by atoms with Crippen molar-refractivity contribution in [2.24, 2.45) is 17.1 Å². The van der Waals surface area contributed by atoms with Crippen molar-refractivity contribution in [3.8, 4) is 24.0 Å². The van der Waals surface area contributed by atoms with Crippen molar-refractivity contribution in [2.45, 2.75) is 12.5 Å². The average molecular weight is 443 g/mol. The number of hydrogen-bond donors (Lipinski definition) is 1. The maximum absolute atomic E-state index is 10.2. The SMILES string of the molecule is N#CC1=C(N)C(C#N)(C#N)[C@H](c2ccccc2OCc2ccc(Cl)cc2)[C@H]2COCC=C12. The molecule has 1 aliphatic heterocycles. The van der Waals surface area contributed by atoms with Gasteiger partial charge < -0.3 is 15.2 Å². The van der Waals surface area contributed by atoms with Crippen LogP contribution in [0.2, 0.25) is 5.02 Å². The maximum Gasteiger partial charge on any atom is 0.191 e. The molecule has 2 aromatic rings. The molecule has 4 rings (SSSR count). The van der Waals surface area contributed by atoms with Crippen LogP contribution in [0.4, 0.5) is 0 Å². The Morgan fingerprint density at radius 3 is 2.50 bits per heavy atom. The molecule has 2 aromatic carbocycles. The van der Waals surface area contributed by atoms with Gasteiger partial charge in [-0.1, -0.05) is 48.0 Å². The van der Waals surface area contributed by atoms with Crippen LogP contribution in [0.25, 0.3) is 0 Å². The lowest BCUT2D eigenvalue weighted by molar-refractivity contribution is 0.0970. The third-order valence-electron chi connectivity index (χ3n) is 6.00. The number of hydrogen-bond acceptors (Lipinski definition) is 6. The van der Waals surface area contributed by atoms with E-state index in [9.17, 15) is 15.8 Å². The van der Waals surface area contributed by atoms with Crippen LogP contribution in [0, 0.1) is 45.3 Å². The normalized spacial score (nSPS) is 21.4. The van der Waals surface area contributed by atoms with Gasteiger partial charge in [-0.15, -0.1) is 0 Å². The molecule has 2 atom stereocenters. The predicted octanol–water partition coefficient (Wildman–Crippen LogP) is 4.36.